The van der Waals surface area contributed by atoms with Gasteiger partial charge >= 0.3 is 7.25 Å². The van der Waals surface area contributed by atoms with Crippen LogP contribution in [-0.4, -0.2) is 56.9 Å². The molecule has 0 saturated heterocycles. The highest BCUT2D eigenvalue weighted by atomic mass is 32.2. The summed E-state index contributed by atoms with van der Waals surface area (Å²) in [6.07, 6.45) is 1.18. The molecular formula is C12H19BF4O4S2. The maximum Gasteiger partial charge on any atom is 0.673 e. The molecule has 11 heteroatoms. The Balaban J connectivity index is 0.000000841. The third-order valence-corrected chi connectivity index (χ3v) is 5.87. The lowest BCUT2D eigenvalue weighted by Crippen LogP contribution is -2.19. The van der Waals surface area contributed by atoms with Crippen molar-refractivity contribution in [2.24, 2.45) is 0 Å². The lowest BCUT2D eigenvalue weighted by Gasteiger charge is -2.07. The molecule has 134 valence electrons. The van der Waals surface area contributed by atoms with Crippen molar-refractivity contribution in [3.8, 4) is 0 Å². The number of aliphatic hydroxyl groups is 2. The Bertz CT molecular complexity index is 537. The minimum absolute atomic E-state index is 0.0527. The van der Waals surface area contributed by atoms with Crippen LogP contribution in [0.25, 0.3) is 0 Å². The largest absolute Gasteiger partial charge is 0.673 e. The van der Waals surface area contributed by atoms with E-state index in [1.807, 2.05) is 0 Å². The first-order valence-electron chi connectivity index (χ1n) is 6.49. The lowest BCUT2D eigenvalue weighted by atomic mass is 10.2. The topological polar surface area (TPSA) is 74.6 Å². The van der Waals surface area contributed by atoms with Gasteiger partial charge in [0.05, 0.1) is 18.1 Å². The van der Waals surface area contributed by atoms with E-state index in [1.165, 1.54) is 6.26 Å². The summed E-state index contributed by atoms with van der Waals surface area (Å²) in [6, 6.07) is 6.80. The van der Waals surface area contributed by atoms with Crippen molar-refractivity contribution in [2.75, 3.05) is 31.0 Å². The molecule has 4 nitrogen and oxygen atoms in total. The van der Waals surface area contributed by atoms with Crippen LogP contribution in [0.15, 0.2) is 29.2 Å². The Morgan fingerprint density at radius 2 is 1.39 bits per heavy atom. The van der Waals surface area contributed by atoms with Gasteiger partial charge in [-0.25, -0.2) is 8.42 Å². The van der Waals surface area contributed by atoms with Crippen LogP contribution in [0.3, 0.4) is 0 Å². The fourth-order valence-corrected chi connectivity index (χ4v) is 3.88. The van der Waals surface area contributed by atoms with Gasteiger partial charge in [0.2, 0.25) is 0 Å². The highest BCUT2D eigenvalue weighted by Gasteiger charge is 2.20. The fourth-order valence-electron chi connectivity index (χ4n) is 1.57. The lowest BCUT2D eigenvalue weighted by molar-refractivity contribution is 0.316. The average Bonchev–Trinajstić information content (AvgIpc) is 2.37. The number of rotatable bonds is 7. The van der Waals surface area contributed by atoms with Gasteiger partial charge in [0.25, 0.3) is 0 Å². The van der Waals surface area contributed by atoms with Crippen molar-refractivity contribution in [3.05, 3.63) is 29.8 Å². The smallest absolute Gasteiger partial charge is 0.418 e. The minimum Gasteiger partial charge on any atom is -0.418 e. The third kappa shape index (κ3) is 12.3. The van der Waals surface area contributed by atoms with E-state index in [0.29, 0.717) is 16.4 Å². The minimum atomic E-state index is -6.00. The first kappa shape index (κ1) is 22.2. The summed E-state index contributed by atoms with van der Waals surface area (Å²) in [5.41, 5.74) is 1.03. The zero-order valence-electron chi connectivity index (χ0n) is 12.5. The van der Waals surface area contributed by atoms with Gasteiger partial charge in [0.15, 0.2) is 9.84 Å². The first-order chi connectivity index (χ1) is 10.5. The molecule has 0 aliphatic heterocycles. The Hall–Kier alpha value is -0.775. The molecule has 0 aliphatic carbocycles. The molecule has 0 radical (unpaired) electrons. The molecule has 0 atom stereocenters. The Morgan fingerprint density at radius 3 is 1.70 bits per heavy atom. The zero-order valence-corrected chi connectivity index (χ0v) is 14.1. The van der Waals surface area contributed by atoms with Crippen LogP contribution in [0.5, 0.6) is 0 Å². The molecule has 0 aliphatic rings. The quantitative estimate of drug-likeness (QED) is 0.428. The average molecular weight is 378 g/mol. The van der Waals surface area contributed by atoms with E-state index >= 15 is 0 Å². The summed E-state index contributed by atoms with van der Waals surface area (Å²) in [5.74, 6) is 2.12. The normalized spacial score (nSPS) is 12.0. The van der Waals surface area contributed by atoms with Crippen LogP contribution in [-0.2, 0) is 26.5 Å². The van der Waals surface area contributed by atoms with E-state index in [0.717, 1.165) is 11.3 Å². The zero-order chi connectivity index (χ0) is 18.1. The van der Waals surface area contributed by atoms with E-state index in [-0.39, 0.29) is 24.1 Å². The van der Waals surface area contributed by atoms with Crippen LogP contribution in [0.4, 0.5) is 17.3 Å². The molecule has 0 spiro atoms. The number of benzene rings is 1. The Labute approximate surface area is 135 Å². The van der Waals surface area contributed by atoms with E-state index in [2.05, 4.69) is 0 Å². The number of hydrogen-bond acceptors (Lipinski definition) is 4. The van der Waals surface area contributed by atoms with Gasteiger partial charge in [-0.2, -0.15) is 0 Å². The van der Waals surface area contributed by atoms with Gasteiger partial charge in [-0.05, 0) is 23.0 Å². The van der Waals surface area contributed by atoms with E-state index in [9.17, 15) is 25.7 Å². The molecule has 2 N–H and O–H groups in total. The summed E-state index contributed by atoms with van der Waals surface area (Å²) in [7, 11) is -9.20. The fraction of sp³-hybridized carbons (Fsp3) is 0.500. The number of aliphatic hydroxyl groups excluding tert-OH is 2. The van der Waals surface area contributed by atoms with Crippen molar-refractivity contribution < 1.29 is 35.9 Å². The molecule has 1 aromatic rings. The highest BCUT2D eigenvalue weighted by molar-refractivity contribution is 7.96. The number of halogens is 4. The standard InChI is InChI=1S/C12H19O4S2.BF4/c1-18(15,16)12-4-2-11(3-5-12)10-17(8-6-13)9-7-14;2-1(3,4)5/h2-5,13-14H,6-10H2,1H3;/q+1;-1. The van der Waals surface area contributed by atoms with Gasteiger partial charge in [0.1, 0.15) is 17.3 Å². The third-order valence-electron chi connectivity index (χ3n) is 2.48. The second kappa shape index (κ2) is 10.2. The van der Waals surface area contributed by atoms with Crippen LogP contribution in [0.1, 0.15) is 5.56 Å². The van der Waals surface area contributed by atoms with Crippen molar-refractivity contribution >= 4 is 28.0 Å². The molecular weight excluding hydrogens is 359 g/mol. The van der Waals surface area contributed by atoms with Crippen LogP contribution in [0, 0.1) is 0 Å². The monoisotopic (exact) mass is 378 g/mol. The van der Waals surface area contributed by atoms with Gasteiger partial charge in [-0.1, -0.05) is 12.1 Å². The summed E-state index contributed by atoms with van der Waals surface area (Å²) >= 11 is 0. The second-order valence-corrected chi connectivity index (χ2v) is 8.87. The highest BCUT2D eigenvalue weighted by Crippen LogP contribution is 2.14. The molecule has 0 heterocycles. The van der Waals surface area contributed by atoms with Crippen molar-refractivity contribution in [2.45, 2.75) is 10.6 Å². The van der Waals surface area contributed by atoms with Crippen LogP contribution >= 0.6 is 0 Å². The van der Waals surface area contributed by atoms with E-state index in [1.54, 1.807) is 24.3 Å². The maximum atomic E-state index is 11.3. The van der Waals surface area contributed by atoms with E-state index in [4.69, 9.17) is 10.2 Å². The Kier molecular flexibility index (Phi) is 9.82. The van der Waals surface area contributed by atoms with Gasteiger partial charge < -0.3 is 27.5 Å². The predicted molar refractivity (Wildman–Crippen MR) is 84.7 cm³/mol. The number of sulfone groups is 1. The molecule has 0 unspecified atom stereocenters. The van der Waals surface area contributed by atoms with Crippen LogP contribution < -0.4 is 0 Å². The van der Waals surface area contributed by atoms with E-state index < -0.39 is 17.1 Å². The molecule has 0 bridgehead atoms. The van der Waals surface area contributed by atoms with Crippen molar-refractivity contribution in [1.82, 2.24) is 0 Å². The molecule has 0 amide bonds. The van der Waals surface area contributed by atoms with Gasteiger partial charge in [0, 0.05) is 11.8 Å². The van der Waals surface area contributed by atoms with Crippen molar-refractivity contribution in [3.63, 3.8) is 0 Å². The molecule has 0 aromatic heterocycles. The van der Waals surface area contributed by atoms with Gasteiger partial charge in [-0.3, -0.25) is 0 Å². The summed E-state index contributed by atoms with van der Waals surface area (Å²) < 4.78 is 61.6. The second-order valence-electron chi connectivity index (χ2n) is 4.52. The van der Waals surface area contributed by atoms with Gasteiger partial charge in [-0.15, -0.1) is 0 Å². The molecule has 1 aromatic carbocycles. The molecule has 1 rings (SSSR count). The summed E-state index contributed by atoms with van der Waals surface area (Å²) in [4.78, 5) is 0.315. The SMILES string of the molecule is CS(=O)(=O)c1ccc(C[S+](CCO)CCO)cc1.F[B-](F)(F)F. The maximum absolute atomic E-state index is 11.3. The van der Waals surface area contributed by atoms with Crippen molar-refractivity contribution in [1.29, 1.82) is 0 Å². The summed E-state index contributed by atoms with van der Waals surface area (Å²) in [6.45, 7) is 0.231. The predicted octanol–water partition coefficient (Wildman–Crippen LogP) is 1.49. The molecule has 0 fully saturated rings. The molecule has 0 saturated carbocycles. The summed E-state index contributed by atoms with van der Waals surface area (Å²) in [5, 5.41) is 17.9. The first-order valence-corrected chi connectivity index (χ1v) is 10.1. The number of hydrogen-bond donors (Lipinski definition) is 2. The van der Waals surface area contributed by atoms with Crippen LogP contribution in [0.2, 0.25) is 0 Å². The Morgan fingerprint density at radius 1 is 1.00 bits per heavy atom. The molecule has 23 heavy (non-hydrogen) atoms.